The molecule has 0 aromatic heterocycles. The number of halogens is 2. The van der Waals surface area contributed by atoms with E-state index in [2.05, 4.69) is 36.4 Å². The smallest absolute Gasteiger partial charge is 0.0453 e. The van der Waals surface area contributed by atoms with Gasteiger partial charge in [0.2, 0.25) is 0 Å². The molecule has 0 fully saturated rings. The van der Waals surface area contributed by atoms with Crippen LogP contribution < -0.4 is 0 Å². The van der Waals surface area contributed by atoms with Crippen LogP contribution >= 0.6 is 34.2 Å². The normalized spacial score (nSPS) is 16.0. The van der Waals surface area contributed by atoms with Gasteiger partial charge in [0.1, 0.15) is 0 Å². The molecule has 0 rings (SSSR count). The van der Waals surface area contributed by atoms with E-state index in [4.69, 9.17) is 11.6 Å². The second-order valence-corrected chi connectivity index (χ2v) is 5.48. The Morgan fingerprint density at radius 2 is 1.58 bits per heavy atom. The van der Waals surface area contributed by atoms with Gasteiger partial charge in [0.05, 0.1) is 0 Å². The first-order chi connectivity index (χ1) is 5.72. The van der Waals surface area contributed by atoms with E-state index in [0.29, 0.717) is 9.30 Å². The van der Waals surface area contributed by atoms with Gasteiger partial charge in [-0.1, -0.05) is 62.1 Å². The second-order valence-electron chi connectivity index (χ2n) is 3.32. The minimum Gasteiger partial charge on any atom is -0.122 e. The Bertz CT molecular complexity index is 83.8. The third-order valence-electron chi connectivity index (χ3n) is 2.06. The molecular weight excluding hydrogens is 282 g/mol. The Morgan fingerprint density at radius 1 is 1.08 bits per heavy atom. The lowest BCUT2D eigenvalue weighted by Crippen LogP contribution is -2.13. The maximum atomic E-state index is 6.24. The molecule has 0 saturated heterocycles. The molecule has 0 aliphatic carbocycles. The molecule has 0 amide bonds. The van der Waals surface area contributed by atoms with Crippen LogP contribution in [0.4, 0.5) is 0 Å². The van der Waals surface area contributed by atoms with Crippen LogP contribution in [0.3, 0.4) is 0 Å². The van der Waals surface area contributed by atoms with Gasteiger partial charge in [-0.3, -0.25) is 0 Å². The van der Waals surface area contributed by atoms with E-state index in [9.17, 15) is 0 Å². The van der Waals surface area contributed by atoms with Crippen LogP contribution in [0.5, 0.6) is 0 Å². The van der Waals surface area contributed by atoms with Crippen molar-refractivity contribution in [1.29, 1.82) is 0 Å². The van der Waals surface area contributed by atoms with Gasteiger partial charge in [-0.15, -0.1) is 11.6 Å². The standard InChI is InChI=1S/C10H20ClI/c1-3-5-7-9(11)10(12)8-6-4-2/h9-10H,3-8H2,1-2H3/t9-,10+/m0/s1. The molecule has 0 nitrogen and oxygen atoms in total. The number of hydrogen-bond donors (Lipinski definition) is 0. The molecule has 0 aliphatic heterocycles. The topological polar surface area (TPSA) is 0 Å². The maximum Gasteiger partial charge on any atom is 0.0453 e. The predicted molar refractivity (Wildman–Crippen MR) is 66.5 cm³/mol. The summed E-state index contributed by atoms with van der Waals surface area (Å²) in [5, 5.41) is 0.400. The van der Waals surface area contributed by atoms with E-state index < -0.39 is 0 Å². The van der Waals surface area contributed by atoms with Crippen molar-refractivity contribution >= 4 is 34.2 Å². The molecule has 0 aliphatic rings. The summed E-state index contributed by atoms with van der Waals surface area (Å²) in [6.45, 7) is 4.45. The van der Waals surface area contributed by atoms with Crippen LogP contribution in [0, 0.1) is 0 Å². The van der Waals surface area contributed by atoms with Crippen molar-refractivity contribution in [3.8, 4) is 0 Å². The maximum absolute atomic E-state index is 6.24. The Kier molecular flexibility index (Phi) is 9.34. The molecule has 0 unspecified atom stereocenters. The fourth-order valence-electron chi connectivity index (χ4n) is 1.16. The molecule has 2 atom stereocenters. The first-order valence-corrected chi connectivity index (χ1v) is 6.68. The summed E-state index contributed by atoms with van der Waals surface area (Å²) >= 11 is 8.74. The Hall–Kier alpha value is 1.02. The van der Waals surface area contributed by atoms with E-state index in [0.717, 1.165) is 0 Å². The van der Waals surface area contributed by atoms with Crippen molar-refractivity contribution < 1.29 is 0 Å². The fraction of sp³-hybridized carbons (Fsp3) is 1.00. The average molecular weight is 303 g/mol. The number of unbranched alkanes of at least 4 members (excludes halogenated alkanes) is 2. The zero-order chi connectivity index (χ0) is 9.40. The van der Waals surface area contributed by atoms with Crippen molar-refractivity contribution in [2.75, 3.05) is 0 Å². The monoisotopic (exact) mass is 302 g/mol. The third-order valence-corrected chi connectivity index (χ3v) is 4.50. The first kappa shape index (κ1) is 13.0. The summed E-state index contributed by atoms with van der Waals surface area (Å²) in [5.74, 6) is 0. The number of hydrogen-bond acceptors (Lipinski definition) is 0. The van der Waals surface area contributed by atoms with E-state index in [-0.39, 0.29) is 0 Å². The highest BCUT2D eigenvalue weighted by molar-refractivity contribution is 14.1. The minimum absolute atomic E-state index is 0.400. The molecule has 0 spiro atoms. The molecule has 12 heavy (non-hydrogen) atoms. The van der Waals surface area contributed by atoms with Crippen molar-refractivity contribution in [1.82, 2.24) is 0 Å². The highest BCUT2D eigenvalue weighted by Crippen LogP contribution is 2.23. The summed E-state index contributed by atoms with van der Waals surface area (Å²) in [6, 6.07) is 0. The second kappa shape index (κ2) is 8.61. The average Bonchev–Trinajstić information content (AvgIpc) is 2.10. The molecule has 0 bridgehead atoms. The van der Waals surface area contributed by atoms with Crippen molar-refractivity contribution in [3.05, 3.63) is 0 Å². The lowest BCUT2D eigenvalue weighted by Gasteiger charge is -2.15. The van der Waals surface area contributed by atoms with Crippen molar-refractivity contribution in [2.24, 2.45) is 0 Å². The van der Waals surface area contributed by atoms with Gasteiger partial charge >= 0.3 is 0 Å². The molecular formula is C10H20ClI. The zero-order valence-corrected chi connectivity index (χ0v) is 11.1. The van der Waals surface area contributed by atoms with E-state index in [1.54, 1.807) is 0 Å². The van der Waals surface area contributed by atoms with Gasteiger partial charge in [-0.25, -0.2) is 0 Å². The van der Waals surface area contributed by atoms with Crippen LogP contribution in [0.15, 0.2) is 0 Å². The Balaban J connectivity index is 3.39. The highest BCUT2D eigenvalue weighted by atomic mass is 127. The molecule has 0 aromatic rings. The minimum atomic E-state index is 0.400. The molecule has 0 saturated carbocycles. The fourth-order valence-corrected chi connectivity index (χ4v) is 2.24. The molecule has 2 heteroatoms. The quantitative estimate of drug-likeness (QED) is 0.469. The van der Waals surface area contributed by atoms with Crippen LogP contribution in [-0.2, 0) is 0 Å². The number of rotatable bonds is 7. The predicted octanol–water partition coefficient (Wildman–Crippen LogP) is 4.78. The van der Waals surface area contributed by atoms with Crippen LogP contribution in [0.25, 0.3) is 0 Å². The van der Waals surface area contributed by atoms with E-state index in [1.807, 2.05) is 0 Å². The van der Waals surface area contributed by atoms with Gasteiger partial charge < -0.3 is 0 Å². The van der Waals surface area contributed by atoms with Gasteiger partial charge in [-0.05, 0) is 12.8 Å². The summed E-state index contributed by atoms with van der Waals surface area (Å²) in [7, 11) is 0. The summed E-state index contributed by atoms with van der Waals surface area (Å²) in [4.78, 5) is 0. The van der Waals surface area contributed by atoms with E-state index >= 15 is 0 Å². The summed E-state index contributed by atoms with van der Waals surface area (Å²) in [5.41, 5.74) is 0. The molecule has 0 heterocycles. The lowest BCUT2D eigenvalue weighted by molar-refractivity contribution is 0.616. The lowest BCUT2D eigenvalue weighted by atomic mass is 10.1. The van der Waals surface area contributed by atoms with Gasteiger partial charge in [0.15, 0.2) is 0 Å². The van der Waals surface area contributed by atoms with Crippen molar-refractivity contribution in [2.45, 2.75) is 61.7 Å². The Labute approximate surface area is 95.6 Å². The summed E-state index contributed by atoms with van der Waals surface area (Å²) < 4.78 is 0.677. The van der Waals surface area contributed by atoms with Gasteiger partial charge in [0.25, 0.3) is 0 Å². The largest absolute Gasteiger partial charge is 0.122 e. The van der Waals surface area contributed by atoms with Crippen molar-refractivity contribution in [3.63, 3.8) is 0 Å². The first-order valence-electron chi connectivity index (χ1n) is 5.00. The van der Waals surface area contributed by atoms with Gasteiger partial charge in [0, 0.05) is 9.30 Å². The number of alkyl halides is 2. The van der Waals surface area contributed by atoms with Crippen LogP contribution in [0.1, 0.15) is 52.4 Å². The Morgan fingerprint density at radius 3 is 2.08 bits per heavy atom. The highest BCUT2D eigenvalue weighted by Gasteiger charge is 2.14. The zero-order valence-electron chi connectivity index (χ0n) is 8.15. The third kappa shape index (κ3) is 6.53. The molecule has 0 aromatic carbocycles. The van der Waals surface area contributed by atoms with Crippen LogP contribution in [-0.4, -0.2) is 9.30 Å². The molecule has 0 radical (unpaired) electrons. The van der Waals surface area contributed by atoms with Gasteiger partial charge in [-0.2, -0.15) is 0 Å². The molecule has 74 valence electrons. The summed E-state index contributed by atoms with van der Waals surface area (Å²) in [6.07, 6.45) is 7.63. The van der Waals surface area contributed by atoms with Crippen LogP contribution in [0.2, 0.25) is 0 Å². The van der Waals surface area contributed by atoms with E-state index in [1.165, 1.54) is 38.5 Å². The molecule has 0 N–H and O–H groups in total. The SMILES string of the molecule is CCCC[C@@H](I)[C@@H](Cl)CCCC.